The molecular weight excluding hydrogens is 394 g/mol. The van der Waals surface area contributed by atoms with E-state index in [4.69, 9.17) is 4.74 Å². The van der Waals surface area contributed by atoms with Crippen LogP contribution >= 0.6 is 0 Å². The summed E-state index contributed by atoms with van der Waals surface area (Å²) in [5.74, 6) is 0.266. The van der Waals surface area contributed by atoms with Crippen LogP contribution in [0.5, 0.6) is 0 Å². The average molecular weight is 422 g/mol. The topological polar surface area (TPSA) is 96.0 Å². The maximum Gasteiger partial charge on any atom is 0.253 e. The van der Waals surface area contributed by atoms with Crippen molar-refractivity contribution in [1.29, 1.82) is 0 Å². The van der Waals surface area contributed by atoms with Crippen molar-refractivity contribution in [3.8, 4) is 0 Å². The molecule has 1 aromatic rings. The second-order valence-corrected chi connectivity index (χ2v) is 9.67. The lowest BCUT2D eigenvalue weighted by Gasteiger charge is -2.35. The summed E-state index contributed by atoms with van der Waals surface area (Å²) in [6.45, 7) is 3.04. The quantitative estimate of drug-likeness (QED) is 0.734. The number of nitrogens with one attached hydrogen (secondary N) is 1. The standard InChI is InChI=1S/C20H27N3O5S/c24-19(15-3-4-15)22-9-11-23(12-10-22)20(25)16-5-7-18(8-6-16)29(26,27)21-14-17-2-1-13-28-17/h5-8,15,17,21H,1-4,9-14H2/t17-/m0/s1. The highest BCUT2D eigenvalue weighted by Gasteiger charge is 2.35. The summed E-state index contributed by atoms with van der Waals surface area (Å²) in [7, 11) is -3.63. The van der Waals surface area contributed by atoms with E-state index in [1.54, 1.807) is 17.0 Å². The molecule has 0 spiro atoms. The van der Waals surface area contributed by atoms with Gasteiger partial charge >= 0.3 is 0 Å². The highest BCUT2D eigenvalue weighted by molar-refractivity contribution is 7.89. The molecule has 158 valence electrons. The number of hydrogen-bond acceptors (Lipinski definition) is 5. The van der Waals surface area contributed by atoms with Gasteiger partial charge in [0.25, 0.3) is 5.91 Å². The van der Waals surface area contributed by atoms with Gasteiger partial charge in [-0.05, 0) is 49.9 Å². The van der Waals surface area contributed by atoms with E-state index in [0.717, 1.165) is 25.7 Å². The van der Waals surface area contributed by atoms with Gasteiger partial charge in [-0.1, -0.05) is 0 Å². The van der Waals surface area contributed by atoms with E-state index in [9.17, 15) is 18.0 Å². The van der Waals surface area contributed by atoms with Gasteiger partial charge < -0.3 is 14.5 Å². The van der Waals surface area contributed by atoms with Gasteiger partial charge in [-0.15, -0.1) is 0 Å². The number of nitrogens with zero attached hydrogens (tertiary/aromatic N) is 2. The summed E-state index contributed by atoms with van der Waals surface area (Å²) in [5.41, 5.74) is 0.449. The van der Waals surface area contributed by atoms with Crippen molar-refractivity contribution >= 4 is 21.8 Å². The molecule has 0 radical (unpaired) electrons. The lowest BCUT2D eigenvalue weighted by molar-refractivity contribution is -0.134. The molecule has 8 nitrogen and oxygen atoms in total. The second kappa shape index (κ2) is 8.41. The summed E-state index contributed by atoms with van der Waals surface area (Å²) >= 11 is 0. The minimum atomic E-state index is -3.63. The molecule has 2 amide bonds. The lowest BCUT2D eigenvalue weighted by Crippen LogP contribution is -2.51. The minimum Gasteiger partial charge on any atom is -0.377 e. The molecule has 0 aromatic heterocycles. The van der Waals surface area contributed by atoms with E-state index in [1.807, 2.05) is 4.90 Å². The molecule has 29 heavy (non-hydrogen) atoms. The van der Waals surface area contributed by atoms with Gasteiger partial charge in [0, 0.05) is 50.8 Å². The fourth-order valence-corrected chi connectivity index (χ4v) is 4.84. The van der Waals surface area contributed by atoms with Crippen molar-refractivity contribution in [3.05, 3.63) is 29.8 Å². The minimum absolute atomic E-state index is 0.0731. The number of hydrogen-bond donors (Lipinski definition) is 1. The molecule has 3 aliphatic rings. The first-order valence-electron chi connectivity index (χ1n) is 10.2. The van der Waals surface area contributed by atoms with Crippen molar-refractivity contribution in [1.82, 2.24) is 14.5 Å². The third kappa shape index (κ3) is 4.79. The molecular formula is C20H27N3O5S. The largest absolute Gasteiger partial charge is 0.377 e. The first-order valence-corrected chi connectivity index (χ1v) is 11.7. The Morgan fingerprint density at radius 1 is 1.00 bits per heavy atom. The first kappa shape index (κ1) is 20.3. The van der Waals surface area contributed by atoms with Crippen LogP contribution in [0.25, 0.3) is 0 Å². The molecule has 0 unspecified atom stereocenters. The molecule has 1 saturated carbocycles. The highest BCUT2D eigenvalue weighted by atomic mass is 32.2. The molecule has 4 rings (SSSR count). The molecule has 2 saturated heterocycles. The molecule has 1 aliphatic carbocycles. The Balaban J connectivity index is 1.32. The Morgan fingerprint density at radius 3 is 2.24 bits per heavy atom. The van der Waals surface area contributed by atoms with Gasteiger partial charge in [0.1, 0.15) is 0 Å². The number of benzene rings is 1. The van der Waals surface area contributed by atoms with Gasteiger partial charge in [0.05, 0.1) is 11.0 Å². The van der Waals surface area contributed by atoms with Crippen LogP contribution in [0.3, 0.4) is 0 Å². The third-order valence-electron chi connectivity index (χ3n) is 5.74. The average Bonchev–Trinajstić information content (AvgIpc) is 3.47. The van der Waals surface area contributed by atoms with Crippen LogP contribution in [0, 0.1) is 5.92 Å². The van der Waals surface area contributed by atoms with E-state index in [1.165, 1.54) is 12.1 Å². The Morgan fingerprint density at radius 2 is 1.66 bits per heavy atom. The molecule has 9 heteroatoms. The zero-order chi connectivity index (χ0) is 20.4. The predicted molar refractivity (Wildman–Crippen MR) is 106 cm³/mol. The van der Waals surface area contributed by atoms with Crippen LogP contribution in [-0.2, 0) is 19.6 Å². The maximum absolute atomic E-state index is 12.7. The Labute approximate surface area is 171 Å². The van der Waals surface area contributed by atoms with Crippen molar-refractivity contribution in [2.24, 2.45) is 5.92 Å². The zero-order valence-electron chi connectivity index (χ0n) is 16.4. The zero-order valence-corrected chi connectivity index (χ0v) is 17.2. The summed E-state index contributed by atoms with van der Waals surface area (Å²) in [6.07, 6.45) is 3.70. The molecule has 1 N–H and O–H groups in total. The number of sulfonamides is 1. The second-order valence-electron chi connectivity index (χ2n) is 7.90. The number of amides is 2. The van der Waals surface area contributed by atoms with Crippen molar-refractivity contribution in [2.75, 3.05) is 39.3 Å². The predicted octanol–water partition coefficient (Wildman–Crippen LogP) is 0.838. The SMILES string of the molecule is O=C(c1ccc(S(=O)(=O)NC[C@@H]2CCCO2)cc1)N1CCN(C(=O)C2CC2)CC1. The number of piperazine rings is 1. The van der Waals surface area contributed by atoms with Crippen LogP contribution in [0.15, 0.2) is 29.2 Å². The van der Waals surface area contributed by atoms with E-state index in [2.05, 4.69) is 4.72 Å². The van der Waals surface area contributed by atoms with Gasteiger partial charge in [-0.25, -0.2) is 13.1 Å². The van der Waals surface area contributed by atoms with E-state index < -0.39 is 10.0 Å². The summed E-state index contributed by atoms with van der Waals surface area (Å²) in [6, 6.07) is 6.01. The molecule has 0 bridgehead atoms. The smallest absolute Gasteiger partial charge is 0.253 e. The molecule has 1 atom stereocenters. The number of carbonyl (C=O) groups excluding carboxylic acids is 2. The Kier molecular flexibility index (Phi) is 5.89. The maximum atomic E-state index is 12.7. The van der Waals surface area contributed by atoms with Crippen molar-refractivity contribution in [3.63, 3.8) is 0 Å². The summed E-state index contributed by atoms with van der Waals surface area (Å²) in [4.78, 5) is 28.5. The van der Waals surface area contributed by atoms with E-state index in [0.29, 0.717) is 38.3 Å². The first-order chi connectivity index (χ1) is 13.9. The summed E-state index contributed by atoms with van der Waals surface area (Å²) < 4.78 is 32.9. The highest BCUT2D eigenvalue weighted by Crippen LogP contribution is 2.31. The summed E-state index contributed by atoms with van der Waals surface area (Å²) in [5, 5.41) is 0. The molecule has 1 aromatic carbocycles. The van der Waals surface area contributed by atoms with Crippen LogP contribution in [-0.4, -0.2) is 75.5 Å². The fourth-order valence-electron chi connectivity index (χ4n) is 3.77. The van der Waals surface area contributed by atoms with Crippen LogP contribution in [0.2, 0.25) is 0 Å². The number of ether oxygens (including phenoxy) is 1. The van der Waals surface area contributed by atoms with Crippen molar-refractivity contribution < 1.29 is 22.7 Å². The third-order valence-corrected chi connectivity index (χ3v) is 7.18. The Hall–Kier alpha value is -1.97. The van der Waals surface area contributed by atoms with Crippen LogP contribution < -0.4 is 4.72 Å². The van der Waals surface area contributed by atoms with Crippen LogP contribution in [0.1, 0.15) is 36.0 Å². The van der Waals surface area contributed by atoms with Crippen molar-refractivity contribution in [2.45, 2.75) is 36.7 Å². The Bertz CT molecular complexity index is 853. The van der Waals surface area contributed by atoms with Gasteiger partial charge in [-0.2, -0.15) is 0 Å². The number of carbonyl (C=O) groups is 2. The lowest BCUT2D eigenvalue weighted by atomic mass is 10.1. The van der Waals surface area contributed by atoms with Crippen LogP contribution in [0.4, 0.5) is 0 Å². The van der Waals surface area contributed by atoms with Gasteiger partial charge in [-0.3, -0.25) is 9.59 Å². The molecule has 2 aliphatic heterocycles. The number of rotatable bonds is 6. The monoisotopic (exact) mass is 421 g/mol. The molecule has 3 fully saturated rings. The molecule has 2 heterocycles. The van der Waals surface area contributed by atoms with E-state index in [-0.39, 0.29) is 35.3 Å². The normalized spacial score (nSPS) is 22.7. The van der Waals surface area contributed by atoms with E-state index >= 15 is 0 Å². The van der Waals surface area contributed by atoms with Gasteiger partial charge in [0.2, 0.25) is 15.9 Å². The van der Waals surface area contributed by atoms with Gasteiger partial charge in [0.15, 0.2) is 0 Å². The fraction of sp³-hybridized carbons (Fsp3) is 0.600.